The first-order chi connectivity index (χ1) is 8.29. The molecule has 0 rings (SSSR count). The largest absolute Gasteiger partial charge is 0.480 e. The maximum absolute atomic E-state index is 11.8. The summed E-state index contributed by atoms with van der Waals surface area (Å²) in [6.45, 7) is 5.03. The Kier molecular flexibility index (Phi) is 7.35. The summed E-state index contributed by atoms with van der Waals surface area (Å²) in [5.74, 6) is -1.08. The van der Waals surface area contributed by atoms with Crippen LogP contribution in [0.1, 0.15) is 20.3 Å². The highest BCUT2D eigenvalue weighted by molar-refractivity contribution is 5.82. The van der Waals surface area contributed by atoms with Crippen molar-refractivity contribution in [1.82, 2.24) is 15.1 Å². The van der Waals surface area contributed by atoms with Crippen LogP contribution in [0.5, 0.6) is 0 Å². The predicted molar refractivity (Wildman–Crippen MR) is 70.6 cm³/mol. The molecule has 2 N–H and O–H groups in total. The number of carboxylic acids is 1. The average molecular weight is 259 g/mol. The van der Waals surface area contributed by atoms with E-state index in [1.165, 1.54) is 4.90 Å². The summed E-state index contributed by atoms with van der Waals surface area (Å²) >= 11 is 0. The van der Waals surface area contributed by atoms with Crippen molar-refractivity contribution in [3.8, 4) is 0 Å². The molecule has 0 aliphatic rings. The number of nitrogens with zero attached hydrogens (tertiary/aromatic N) is 2. The average Bonchev–Trinajstić information content (AvgIpc) is 2.30. The highest BCUT2D eigenvalue weighted by Gasteiger charge is 2.26. The van der Waals surface area contributed by atoms with Crippen molar-refractivity contribution in [3.05, 3.63) is 0 Å². The first kappa shape index (κ1) is 16.7. The van der Waals surface area contributed by atoms with Crippen LogP contribution in [0.15, 0.2) is 0 Å². The molecule has 6 nitrogen and oxygen atoms in total. The van der Waals surface area contributed by atoms with E-state index in [4.69, 9.17) is 5.11 Å². The van der Waals surface area contributed by atoms with E-state index in [1.54, 1.807) is 7.05 Å². The fourth-order valence-electron chi connectivity index (χ4n) is 1.38. The number of hydrogen-bond donors (Lipinski definition) is 2. The van der Waals surface area contributed by atoms with Crippen LogP contribution >= 0.6 is 0 Å². The van der Waals surface area contributed by atoms with Crippen molar-refractivity contribution >= 4 is 12.0 Å². The van der Waals surface area contributed by atoms with E-state index in [9.17, 15) is 9.59 Å². The third kappa shape index (κ3) is 5.86. The number of aliphatic carboxylic acids is 1. The van der Waals surface area contributed by atoms with E-state index in [1.807, 2.05) is 32.8 Å². The van der Waals surface area contributed by atoms with Crippen LogP contribution < -0.4 is 5.32 Å². The summed E-state index contributed by atoms with van der Waals surface area (Å²) in [6, 6.07) is -1.17. The molecule has 0 aromatic rings. The maximum Gasteiger partial charge on any atom is 0.326 e. The molecule has 0 aliphatic heterocycles. The normalized spacial score (nSPS) is 14.1. The zero-order valence-corrected chi connectivity index (χ0v) is 11.9. The standard InChI is InChI=1S/C12H25N3O3/c1-6-9(2)10(11(16)17)13-12(18)15(5)8-7-14(3)4/h9-10H,6-8H2,1-5H3,(H,13,18)(H,16,17)/t9?,10-/m0/s1. The molecule has 0 heterocycles. The number of nitrogens with one attached hydrogen (secondary N) is 1. The van der Waals surface area contributed by atoms with E-state index in [0.29, 0.717) is 13.0 Å². The predicted octanol–water partition coefficient (Wildman–Crippen LogP) is 0.689. The summed E-state index contributed by atoms with van der Waals surface area (Å²) in [7, 11) is 5.50. The SMILES string of the molecule is CCC(C)[C@H](NC(=O)N(C)CCN(C)C)C(=O)O. The van der Waals surface area contributed by atoms with Gasteiger partial charge in [-0.25, -0.2) is 9.59 Å². The summed E-state index contributed by atoms with van der Waals surface area (Å²) in [6.07, 6.45) is 0.707. The van der Waals surface area contributed by atoms with Crippen molar-refractivity contribution < 1.29 is 14.7 Å². The lowest BCUT2D eigenvalue weighted by atomic mass is 9.99. The second-order valence-corrected chi connectivity index (χ2v) is 4.88. The van der Waals surface area contributed by atoms with Crippen LogP contribution in [0.25, 0.3) is 0 Å². The van der Waals surface area contributed by atoms with Gasteiger partial charge in [0.1, 0.15) is 6.04 Å². The van der Waals surface area contributed by atoms with E-state index >= 15 is 0 Å². The highest BCUT2D eigenvalue weighted by Crippen LogP contribution is 2.08. The van der Waals surface area contributed by atoms with Gasteiger partial charge < -0.3 is 20.2 Å². The second-order valence-electron chi connectivity index (χ2n) is 4.88. The molecule has 0 fully saturated rings. The third-order valence-electron chi connectivity index (χ3n) is 2.99. The lowest BCUT2D eigenvalue weighted by Crippen LogP contribution is -2.50. The van der Waals surface area contributed by atoms with Crippen LogP contribution in [0.3, 0.4) is 0 Å². The molecule has 0 saturated carbocycles. The van der Waals surface area contributed by atoms with Gasteiger partial charge in [-0.05, 0) is 20.0 Å². The van der Waals surface area contributed by atoms with Crippen LogP contribution in [-0.2, 0) is 4.79 Å². The molecular weight excluding hydrogens is 234 g/mol. The number of likely N-dealkylation sites (N-methyl/N-ethyl adjacent to an activating group) is 2. The Balaban J connectivity index is 4.37. The quantitative estimate of drug-likeness (QED) is 0.705. The monoisotopic (exact) mass is 259 g/mol. The van der Waals surface area contributed by atoms with Gasteiger partial charge in [0.2, 0.25) is 0 Å². The molecule has 0 aliphatic carbocycles. The molecule has 0 saturated heterocycles. The van der Waals surface area contributed by atoms with E-state index in [0.717, 1.165) is 6.54 Å². The van der Waals surface area contributed by atoms with Crippen LogP contribution in [0.4, 0.5) is 4.79 Å². The van der Waals surface area contributed by atoms with Crippen molar-refractivity contribution in [1.29, 1.82) is 0 Å². The molecule has 0 radical (unpaired) electrons. The van der Waals surface area contributed by atoms with Gasteiger partial charge in [0.25, 0.3) is 0 Å². The Bertz CT molecular complexity index is 282. The van der Waals surface area contributed by atoms with Crippen molar-refractivity contribution in [2.24, 2.45) is 5.92 Å². The van der Waals surface area contributed by atoms with Gasteiger partial charge in [-0.1, -0.05) is 20.3 Å². The van der Waals surface area contributed by atoms with E-state index in [-0.39, 0.29) is 11.9 Å². The minimum Gasteiger partial charge on any atom is -0.480 e. The van der Waals surface area contributed by atoms with Gasteiger partial charge in [0, 0.05) is 20.1 Å². The first-order valence-electron chi connectivity index (χ1n) is 6.18. The minimum absolute atomic E-state index is 0.0892. The van der Waals surface area contributed by atoms with Crippen molar-refractivity contribution in [2.75, 3.05) is 34.2 Å². The van der Waals surface area contributed by atoms with Gasteiger partial charge >= 0.3 is 12.0 Å². The molecule has 2 atom stereocenters. The second kappa shape index (κ2) is 7.92. The Morgan fingerprint density at radius 2 is 1.78 bits per heavy atom. The molecule has 0 aromatic carbocycles. The number of hydrogen-bond acceptors (Lipinski definition) is 3. The van der Waals surface area contributed by atoms with Gasteiger partial charge in [-0.15, -0.1) is 0 Å². The lowest BCUT2D eigenvalue weighted by molar-refractivity contribution is -0.140. The minimum atomic E-state index is -0.987. The van der Waals surface area contributed by atoms with E-state index in [2.05, 4.69) is 5.32 Å². The number of carboxylic acid groups (broad SMARTS) is 1. The maximum atomic E-state index is 11.8. The molecule has 18 heavy (non-hydrogen) atoms. The molecule has 1 unspecified atom stereocenters. The fourth-order valence-corrected chi connectivity index (χ4v) is 1.38. The number of carbonyl (C=O) groups is 2. The molecule has 2 amide bonds. The Morgan fingerprint density at radius 3 is 2.17 bits per heavy atom. The van der Waals surface area contributed by atoms with Gasteiger partial charge in [0.05, 0.1) is 0 Å². The zero-order chi connectivity index (χ0) is 14.3. The summed E-state index contributed by atoms with van der Waals surface area (Å²) in [4.78, 5) is 26.4. The molecule has 6 heteroatoms. The summed E-state index contributed by atoms with van der Waals surface area (Å²) in [5, 5.41) is 11.6. The van der Waals surface area contributed by atoms with Gasteiger partial charge in [-0.3, -0.25) is 0 Å². The molecule has 0 spiro atoms. The number of amides is 2. The van der Waals surface area contributed by atoms with E-state index < -0.39 is 12.0 Å². The Labute approximate surface area is 109 Å². The third-order valence-corrected chi connectivity index (χ3v) is 2.99. The molecule has 0 aromatic heterocycles. The first-order valence-corrected chi connectivity index (χ1v) is 6.18. The smallest absolute Gasteiger partial charge is 0.326 e. The summed E-state index contributed by atoms with van der Waals surface area (Å²) < 4.78 is 0. The lowest BCUT2D eigenvalue weighted by Gasteiger charge is -2.25. The number of carbonyl (C=O) groups excluding carboxylic acids is 1. The molecule has 106 valence electrons. The van der Waals surface area contributed by atoms with Gasteiger partial charge in [-0.2, -0.15) is 0 Å². The fraction of sp³-hybridized carbons (Fsp3) is 0.833. The van der Waals surface area contributed by atoms with Crippen LogP contribution in [0, 0.1) is 5.92 Å². The molecule has 0 bridgehead atoms. The van der Waals surface area contributed by atoms with Crippen molar-refractivity contribution in [3.63, 3.8) is 0 Å². The Hall–Kier alpha value is -1.30. The van der Waals surface area contributed by atoms with Gasteiger partial charge in [0.15, 0.2) is 0 Å². The number of urea groups is 1. The number of rotatable bonds is 7. The summed E-state index contributed by atoms with van der Waals surface area (Å²) in [5.41, 5.74) is 0. The zero-order valence-electron chi connectivity index (χ0n) is 11.9. The topological polar surface area (TPSA) is 72.9 Å². The van der Waals surface area contributed by atoms with Crippen LogP contribution in [0.2, 0.25) is 0 Å². The van der Waals surface area contributed by atoms with Crippen molar-refractivity contribution in [2.45, 2.75) is 26.3 Å². The highest BCUT2D eigenvalue weighted by atomic mass is 16.4. The Morgan fingerprint density at radius 1 is 1.22 bits per heavy atom. The molecular formula is C12H25N3O3. The van der Waals surface area contributed by atoms with Crippen LogP contribution in [-0.4, -0.2) is 67.2 Å².